The van der Waals surface area contributed by atoms with E-state index in [-0.39, 0.29) is 11.6 Å². The van der Waals surface area contributed by atoms with Crippen molar-refractivity contribution in [3.05, 3.63) is 56.4 Å². The average Bonchev–Trinajstić information content (AvgIpc) is 2.42. The fraction of sp³-hybridized carbons (Fsp3) is 0. The Balaban J connectivity index is 2.21. The van der Waals surface area contributed by atoms with Crippen LogP contribution in [-0.4, -0.2) is 22.0 Å². The molecule has 0 aliphatic rings. The van der Waals surface area contributed by atoms with E-state index in [2.05, 4.69) is 32.9 Å². The van der Waals surface area contributed by atoms with E-state index in [0.717, 1.165) is 3.57 Å². The Bertz CT molecular complexity index is 691. The Hall–Kier alpha value is -1.67. The standard InChI is InChI=1S/C13H8ClIN2O3/c14-9-5-7(1-2-10(9)15)12(18)17-8-3-4-16-11(6-8)13(19)20/h1-6H,(H,19,20)(H,16,17,18). The van der Waals surface area contributed by atoms with Crippen LogP contribution in [0.2, 0.25) is 5.02 Å². The van der Waals surface area contributed by atoms with E-state index in [4.69, 9.17) is 16.7 Å². The Kier molecular flexibility index (Phi) is 4.56. The van der Waals surface area contributed by atoms with E-state index in [0.29, 0.717) is 16.3 Å². The molecule has 1 aromatic carbocycles. The molecule has 2 rings (SSSR count). The largest absolute Gasteiger partial charge is 0.477 e. The summed E-state index contributed by atoms with van der Waals surface area (Å²) in [5, 5.41) is 11.9. The number of aromatic nitrogens is 1. The molecule has 0 fully saturated rings. The lowest BCUT2D eigenvalue weighted by atomic mass is 10.2. The summed E-state index contributed by atoms with van der Waals surface area (Å²) in [6.45, 7) is 0. The van der Waals surface area contributed by atoms with Crippen LogP contribution in [0.4, 0.5) is 5.69 Å². The number of hydrogen-bond donors (Lipinski definition) is 2. The van der Waals surface area contributed by atoms with Gasteiger partial charge in [0.2, 0.25) is 0 Å². The summed E-state index contributed by atoms with van der Waals surface area (Å²) < 4.78 is 0.845. The summed E-state index contributed by atoms with van der Waals surface area (Å²) >= 11 is 8.01. The number of amides is 1. The van der Waals surface area contributed by atoms with Gasteiger partial charge in [-0.3, -0.25) is 4.79 Å². The van der Waals surface area contributed by atoms with Crippen LogP contribution in [0, 0.1) is 3.57 Å². The summed E-state index contributed by atoms with van der Waals surface area (Å²) in [5.74, 6) is -1.52. The zero-order valence-electron chi connectivity index (χ0n) is 9.93. The third kappa shape index (κ3) is 3.45. The minimum Gasteiger partial charge on any atom is -0.477 e. The van der Waals surface area contributed by atoms with Crippen molar-refractivity contribution in [1.82, 2.24) is 4.98 Å². The molecule has 20 heavy (non-hydrogen) atoms. The number of aromatic carboxylic acids is 1. The molecule has 0 spiro atoms. The van der Waals surface area contributed by atoms with Gasteiger partial charge in [-0.05, 0) is 52.9 Å². The molecule has 2 N–H and O–H groups in total. The number of nitrogens with one attached hydrogen (secondary N) is 1. The lowest BCUT2D eigenvalue weighted by molar-refractivity contribution is 0.0690. The quantitative estimate of drug-likeness (QED) is 0.772. The molecule has 0 radical (unpaired) electrons. The number of pyridine rings is 1. The van der Waals surface area contributed by atoms with Crippen LogP contribution in [0.1, 0.15) is 20.8 Å². The maximum atomic E-state index is 12.0. The van der Waals surface area contributed by atoms with Gasteiger partial charge in [0.25, 0.3) is 5.91 Å². The number of carbonyl (C=O) groups excluding carboxylic acids is 1. The van der Waals surface area contributed by atoms with Crippen LogP contribution in [0.5, 0.6) is 0 Å². The number of carboxylic acids is 1. The number of benzene rings is 1. The van der Waals surface area contributed by atoms with Crippen LogP contribution < -0.4 is 5.32 Å². The van der Waals surface area contributed by atoms with Gasteiger partial charge in [-0.15, -0.1) is 0 Å². The maximum Gasteiger partial charge on any atom is 0.354 e. The van der Waals surface area contributed by atoms with E-state index >= 15 is 0 Å². The zero-order valence-corrected chi connectivity index (χ0v) is 12.8. The van der Waals surface area contributed by atoms with Crippen molar-refractivity contribution in [2.75, 3.05) is 5.32 Å². The third-order valence-electron chi connectivity index (χ3n) is 2.42. The Morgan fingerprint density at radius 1 is 1.25 bits per heavy atom. The first-order valence-corrected chi connectivity index (χ1v) is 6.89. The van der Waals surface area contributed by atoms with E-state index in [1.54, 1.807) is 18.2 Å². The van der Waals surface area contributed by atoms with E-state index < -0.39 is 5.97 Å². The number of hydrogen-bond acceptors (Lipinski definition) is 3. The molecule has 0 atom stereocenters. The lowest BCUT2D eigenvalue weighted by Gasteiger charge is -2.06. The predicted octanol–water partition coefficient (Wildman–Crippen LogP) is 3.29. The summed E-state index contributed by atoms with van der Waals surface area (Å²) in [7, 11) is 0. The van der Waals surface area contributed by atoms with Crippen LogP contribution in [0.3, 0.4) is 0 Å². The van der Waals surface area contributed by atoms with Gasteiger partial charge in [0.1, 0.15) is 5.69 Å². The monoisotopic (exact) mass is 402 g/mol. The minimum absolute atomic E-state index is 0.136. The van der Waals surface area contributed by atoms with Crippen molar-refractivity contribution < 1.29 is 14.7 Å². The van der Waals surface area contributed by atoms with Gasteiger partial charge >= 0.3 is 5.97 Å². The lowest BCUT2D eigenvalue weighted by Crippen LogP contribution is -2.13. The highest BCUT2D eigenvalue weighted by atomic mass is 127. The molecule has 102 valence electrons. The molecular weight excluding hydrogens is 395 g/mol. The molecule has 1 aromatic heterocycles. The van der Waals surface area contributed by atoms with Gasteiger partial charge in [-0.1, -0.05) is 11.6 Å². The number of carboxylic acid groups (broad SMARTS) is 1. The molecule has 0 saturated heterocycles. The van der Waals surface area contributed by atoms with Crippen molar-refractivity contribution in [2.24, 2.45) is 0 Å². The smallest absolute Gasteiger partial charge is 0.354 e. The van der Waals surface area contributed by atoms with E-state index in [1.165, 1.54) is 18.3 Å². The second kappa shape index (κ2) is 6.19. The summed E-state index contributed by atoms with van der Waals surface area (Å²) in [5.41, 5.74) is 0.615. The Morgan fingerprint density at radius 3 is 2.65 bits per heavy atom. The molecule has 2 aromatic rings. The van der Waals surface area contributed by atoms with Gasteiger partial charge in [0.05, 0.1) is 5.02 Å². The van der Waals surface area contributed by atoms with Crippen molar-refractivity contribution in [3.8, 4) is 0 Å². The normalized spacial score (nSPS) is 10.1. The van der Waals surface area contributed by atoms with E-state index in [1.807, 2.05) is 0 Å². The second-order valence-electron chi connectivity index (χ2n) is 3.82. The Labute approximate surface area is 133 Å². The fourth-order valence-electron chi connectivity index (χ4n) is 1.47. The molecule has 7 heteroatoms. The van der Waals surface area contributed by atoms with Crippen molar-refractivity contribution >= 4 is 51.8 Å². The highest BCUT2D eigenvalue weighted by molar-refractivity contribution is 14.1. The first kappa shape index (κ1) is 14.7. The van der Waals surface area contributed by atoms with Gasteiger partial charge in [-0.2, -0.15) is 0 Å². The highest BCUT2D eigenvalue weighted by Gasteiger charge is 2.10. The molecule has 1 amide bonds. The van der Waals surface area contributed by atoms with Crippen LogP contribution in [0.15, 0.2) is 36.5 Å². The van der Waals surface area contributed by atoms with Gasteiger partial charge in [-0.25, -0.2) is 9.78 Å². The van der Waals surface area contributed by atoms with Crippen LogP contribution >= 0.6 is 34.2 Å². The molecule has 0 unspecified atom stereocenters. The highest BCUT2D eigenvalue weighted by Crippen LogP contribution is 2.20. The van der Waals surface area contributed by atoms with Crippen molar-refractivity contribution in [2.45, 2.75) is 0 Å². The summed E-state index contributed by atoms with van der Waals surface area (Å²) in [6, 6.07) is 7.72. The Morgan fingerprint density at radius 2 is 2.00 bits per heavy atom. The third-order valence-corrected chi connectivity index (χ3v) is 3.99. The average molecular weight is 403 g/mol. The number of anilines is 1. The maximum absolute atomic E-state index is 12.0. The first-order valence-electron chi connectivity index (χ1n) is 5.43. The second-order valence-corrected chi connectivity index (χ2v) is 5.39. The predicted molar refractivity (Wildman–Crippen MR) is 83.3 cm³/mol. The molecule has 0 saturated carbocycles. The number of rotatable bonds is 3. The van der Waals surface area contributed by atoms with Gasteiger partial charge in [0.15, 0.2) is 0 Å². The molecule has 0 bridgehead atoms. The molecule has 1 heterocycles. The van der Waals surface area contributed by atoms with Crippen molar-refractivity contribution in [3.63, 3.8) is 0 Å². The van der Waals surface area contributed by atoms with Gasteiger partial charge < -0.3 is 10.4 Å². The molecular formula is C13H8ClIN2O3. The van der Waals surface area contributed by atoms with Crippen molar-refractivity contribution in [1.29, 1.82) is 0 Å². The van der Waals surface area contributed by atoms with E-state index in [9.17, 15) is 9.59 Å². The van der Waals surface area contributed by atoms with Crippen LogP contribution in [-0.2, 0) is 0 Å². The summed E-state index contributed by atoms with van der Waals surface area (Å²) in [6.07, 6.45) is 1.32. The SMILES string of the molecule is O=C(Nc1ccnc(C(=O)O)c1)c1ccc(I)c(Cl)c1. The zero-order chi connectivity index (χ0) is 14.7. The summed E-state index contributed by atoms with van der Waals surface area (Å²) in [4.78, 5) is 26.5. The molecule has 0 aliphatic heterocycles. The molecule has 0 aliphatic carbocycles. The molecule has 5 nitrogen and oxygen atoms in total. The fourth-order valence-corrected chi connectivity index (χ4v) is 1.98. The number of halogens is 2. The number of carbonyl (C=O) groups is 2. The van der Waals surface area contributed by atoms with Gasteiger partial charge in [0, 0.05) is 21.0 Å². The minimum atomic E-state index is -1.15. The number of nitrogens with zero attached hydrogens (tertiary/aromatic N) is 1. The van der Waals surface area contributed by atoms with Crippen LogP contribution in [0.25, 0.3) is 0 Å². The topological polar surface area (TPSA) is 79.3 Å². The first-order chi connectivity index (χ1) is 9.47.